The van der Waals surface area contributed by atoms with Gasteiger partial charge in [-0.05, 0) is 42.0 Å². The van der Waals surface area contributed by atoms with Gasteiger partial charge in [-0.2, -0.15) is 5.26 Å². The molecule has 152 valence electrons. The lowest BCUT2D eigenvalue weighted by atomic mass is 10.1. The molecule has 0 bridgehead atoms. The smallest absolute Gasteiger partial charge is 0.253 e. The van der Waals surface area contributed by atoms with Crippen LogP contribution in [0.1, 0.15) is 32.7 Å². The summed E-state index contributed by atoms with van der Waals surface area (Å²) in [6.07, 6.45) is 0.0741. The Morgan fingerprint density at radius 3 is 2.17 bits per heavy atom. The number of nitrogens with one attached hydrogen (secondary N) is 2. The van der Waals surface area contributed by atoms with Gasteiger partial charge in [0, 0.05) is 44.7 Å². The van der Waals surface area contributed by atoms with E-state index in [1.807, 2.05) is 6.07 Å². The second-order valence-corrected chi connectivity index (χ2v) is 8.03. The summed E-state index contributed by atoms with van der Waals surface area (Å²) in [4.78, 5) is 25.7. The van der Waals surface area contributed by atoms with Crippen molar-refractivity contribution in [1.82, 2.24) is 14.9 Å². The first-order chi connectivity index (χ1) is 13.8. The summed E-state index contributed by atoms with van der Waals surface area (Å²) >= 11 is 0. The SMILES string of the molecule is CNC(=O)c1ccc(CN(C)C(=O)c2ccc(S(=O)(=O)NCCC#N)cc2)cc1. The predicted molar refractivity (Wildman–Crippen MR) is 107 cm³/mol. The van der Waals surface area contributed by atoms with Crippen LogP contribution < -0.4 is 10.0 Å². The van der Waals surface area contributed by atoms with Crippen LogP contribution in [0.15, 0.2) is 53.4 Å². The lowest BCUT2D eigenvalue weighted by molar-refractivity contribution is 0.0784. The number of nitrogens with zero attached hydrogens (tertiary/aromatic N) is 2. The average molecular weight is 414 g/mol. The Bertz CT molecular complexity index is 1010. The van der Waals surface area contributed by atoms with Crippen molar-refractivity contribution in [3.8, 4) is 6.07 Å². The van der Waals surface area contributed by atoms with Crippen molar-refractivity contribution in [2.75, 3.05) is 20.6 Å². The van der Waals surface area contributed by atoms with Crippen molar-refractivity contribution in [3.63, 3.8) is 0 Å². The molecular formula is C20H22N4O4S. The molecule has 2 aromatic rings. The van der Waals surface area contributed by atoms with E-state index in [0.29, 0.717) is 17.7 Å². The first-order valence-electron chi connectivity index (χ1n) is 8.81. The Morgan fingerprint density at radius 2 is 1.62 bits per heavy atom. The molecule has 0 aliphatic carbocycles. The van der Waals surface area contributed by atoms with Gasteiger partial charge in [-0.1, -0.05) is 12.1 Å². The highest BCUT2D eigenvalue weighted by Crippen LogP contribution is 2.14. The van der Waals surface area contributed by atoms with E-state index in [9.17, 15) is 18.0 Å². The number of hydrogen-bond acceptors (Lipinski definition) is 5. The summed E-state index contributed by atoms with van der Waals surface area (Å²) in [6.45, 7) is 0.365. The van der Waals surface area contributed by atoms with E-state index >= 15 is 0 Å². The molecule has 2 rings (SSSR count). The van der Waals surface area contributed by atoms with Crippen molar-refractivity contribution >= 4 is 21.8 Å². The van der Waals surface area contributed by atoms with Crippen LogP contribution in [-0.4, -0.2) is 45.8 Å². The van der Waals surface area contributed by atoms with Crippen LogP contribution in [0.4, 0.5) is 0 Å². The van der Waals surface area contributed by atoms with Gasteiger partial charge < -0.3 is 10.2 Å². The molecule has 0 saturated heterocycles. The molecule has 29 heavy (non-hydrogen) atoms. The van der Waals surface area contributed by atoms with Crippen LogP contribution in [0.5, 0.6) is 0 Å². The highest BCUT2D eigenvalue weighted by Gasteiger charge is 2.16. The van der Waals surface area contributed by atoms with Gasteiger partial charge in [0.1, 0.15) is 0 Å². The second-order valence-electron chi connectivity index (χ2n) is 6.27. The molecule has 0 radical (unpaired) electrons. The van der Waals surface area contributed by atoms with E-state index in [-0.39, 0.29) is 29.7 Å². The van der Waals surface area contributed by atoms with Gasteiger partial charge in [0.2, 0.25) is 10.0 Å². The standard InChI is InChI=1S/C20H22N4O4S/c1-22-19(25)16-6-4-15(5-7-16)14-24(2)20(26)17-8-10-18(11-9-17)29(27,28)23-13-3-12-21/h4-11,23H,3,13-14H2,1-2H3,(H,22,25). The zero-order valence-electron chi connectivity index (χ0n) is 16.2. The number of amides is 2. The van der Waals surface area contributed by atoms with Crippen LogP contribution in [-0.2, 0) is 16.6 Å². The lowest BCUT2D eigenvalue weighted by Gasteiger charge is -2.18. The summed E-state index contributed by atoms with van der Waals surface area (Å²) in [5.41, 5.74) is 1.74. The number of sulfonamides is 1. The Kier molecular flexibility index (Phi) is 7.47. The van der Waals surface area contributed by atoms with E-state index in [0.717, 1.165) is 5.56 Å². The first kappa shape index (κ1) is 22.1. The Labute approximate surface area is 170 Å². The Balaban J connectivity index is 2.04. The van der Waals surface area contributed by atoms with E-state index in [1.54, 1.807) is 38.4 Å². The molecule has 0 fully saturated rings. The summed E-state index contributed by atoms with van der Waals surface area (Å²) in [6, 6.07) is 14.4. The van der Waals surface area contributed by atoms with Gasteiger partial charge in [-0.3, -0.25) is 9.59 Å². The van der Waals surface area contributed by atoms with Crippen LogP contribution in [0, 0.1) is 11.3 Å². The number of benzene rings is 2. The summed E-state index contributed by atoms with van der Waals surface area (Å²) in [5.74, 6) is -0.445. The molecule has 2 N–H and O–H groups in total. The molecule has 8 nitrogen and oxygen atoms in total. The number of nitriles is 1. The average Bonchev–Trinajstić information content (AvgIpc) is 2.73. The highest BCUT2D eigenvalue weighted by atomic mass is 32.2. The topological polar surface area (TPSA) is 119 Å². The molecule has 0 atom stereocenters. The molecule has 0 aliphatic heterocycles. The summed E-state index contributed by atoms with van der Waals surface area (Å²) < 4.78 is 26.6. The molecular weight excluding hydrogens is 392 g/mol. The second kappa shape index (κ2) is 9.82. The molecule has 0 aliphatic rings. The number of rotatable bonds is 8. The van der Waals surface area contributed by atoms with Gasteiger partial charge in [-0.25, -0.2) is 13.1 Å². The summed E-state index contributed by atoms with van der Waals surface area (Å²) in [7, 11) is -0.517. The fraction of sp³-hybridized carbons (Fsp3) is 0.250. The number of hydrogen-bond donors (Lipinski definition) is 2. The fourth-order valence-corrected chi connectivity index (χ4v) is 3.61. The molecule has 9 heteroatoms. The van der Waals surface area contributed by atoms with E-state index in [4.69, 9.17) is 5.26 Å². The molecule has 2 aromatic carbocycles. The zero-order chi connectivity index (χ0) is 21.4. The van der Waals surface area contributed by atoms with Crippen molar-refractivity contribution in [2.24, 2.45) is 0 Å². The third kappa shape index (κ3) is 5.88. The van der Waals surface area contributed by atoms with Crippen LogP contribution in [0.3, 0.4) is 0 Å². The maximum Gasteiger partial charge on any atom is 0.253 e. The molecule has 0 spiro atoms. The third-order valence-corrected chi connectivity index (χ3v) is 5.63. The van der Waals surface area contributed by atoms with Gasteiger partial charge >= 0.3 is 0 Å². The minimum absolute atomic E-state index is 0.0273. The molecule has 2 amide bonds. The van der Waals surface area contributed by atoms with Gasteiger partial charge in [0.15, 0.2) is 0 Å². The monoisotopic (exact) mass is 414 g/mol. The molecule has 0 unspecified atom stereocenters. The maximum atomic E-state index is 12.6. The van der Waals surface area contributed by atoms with Crippen molar-refractivity contribution < 1.29 is 18.0 Å². The number of carbonyl (C=O) groups is 2. The first-order valence-corrected chi connectivity index (χ1v) is 10.3. The minimum Gasteiger partial charge on any atom is -0.355 e. The van der Waals surface area contributed by atoms with Crippen molar-refractivity contribution in [3.05, 3.63) is 65.2 Å². The predicted octanol–water partition coefficient (Wildman–Crippen LogP) is 1.51. The maximum absolute atomic E-state index is 12.6. The minimum atomic E-state index is -3.72. The van der Waals surface area contributed by atoms with Gasteiger partial charge in [0.25, 0.3) is 11.8 Å². The van der Waals surface area contributed by atoms with Crippen LogP contribution >= 0.6 is 0 Å². The molecule has 0 saturated carbocycles. The van der Waals surface area contributed by atoms with E-state index in [2.05, 4.69) is 10.0 Å². The Morgan fingerprint density at radius 1 is 1.03 bits per heavy atom. The quantitative estimate of drug-likeness (QED) is 0.635. The van der Waals surface area contributed by atoms with Crippen molar-refractivity contribution in [1.29, 1.82) is 5.26 Å². The van der Waals surface area contributed by atoms with Crippen LogP contribution in [0.2, 0.25) is 0 Å². The normalized spacial score (nSPS) is 10.8. The Hall–Kier alpha value is -3.22. The van der Waals surface area contributed by atoms with Gasteiger partial charge in [-0.15, -0.1) is 0 Å². The third-order valence-electron chi connectivity index (χ3n) is 4.15. The van der Waals surface area contributed by atoms with E-state index in [1.165, 1.54) is 29.2 Å². The van der Waals surface area contributed by atoms with Gasteiger partial charge in [0.05, 0.1) is 11.0 Å². The number of carbonyl (C=O) groups excluding carboxylic acids is 2. The van der Waals surface area contributed by atoms with Crippen molar-refractivity contribution in [2.45, 2.75) is 17.9 Å². The van der Waals surface area contributed by atoms with Crippen LogP contribution in [0.25, 0.3) is 0 Å². The largest absolute Gasteiger partial charge is 0.355 e. The molecule has 0 aromatic heterocycles. The lowest BCUT2D eigenvalue weighted by Crippen LogP contribution is -2.27. The van der Waals surface area contributed by atoms with E-state index < -0.39 is 10.0 Å². The highest BCUT2D eigenvalue weighted by molar-refractivity contribution is 7.89. The summed E-state index contributed by atoms with van der Waals surface area (Å²) in [5, 5.41) is 11.0. The molecule has 0 heterocycles. The fourth-order valence-electron chi connectivity index (χ4n) is 2.57. The zero-order valence-corrected chi connectivity index (χ0v) is 17.0.